The van der Waals surface area contributed by atoms with E-state index in [4.69, 9.17) is 0 Å². The maximum absolute atomic E-state index is 13.8. The van der Waals surface area contributed by atoms with E-state index in [1.807, 2.05) is 0 Å². The van der Waals surface area contributed by atoms with Crippen molar-refractivity contribution in [3.63, 3.8) is 0 Å². The van der Waals surface area contributed by atoms with Crippen LogP contribution in [-0.2, 0) is 4.79 Å². The summed E-state index contributed by atoms with van der Waals surface area (Å²) < 4.78 is 55.2. The molecule has 3 nitrogen and oxygen atoms in total. The Labute approximate surface area is 116 Å². The molecule has 1 aromatic heterocycles. The molecule has 1 N–H and O–H groups in total. The highest BCUT2D eigenvalue weighted by atomic mass is 32.1. The third-order valence-corrected chi connectivity index (χ3v) is 4.16. The first-order valence-corrected chi connectivity index (χ1v) is 6.93. The summed E-state index contributed by atoms with van der Waals surface area (Å²) in [6, 6.07) is 2.49. The second-order valence-corrected chi connectivity index (χ2v) is 5.59. The van der Waals surface area contributed by atoms with E-state index in [-0.39, 0.29) is 18.0 Å². The molecule has 112 valence electrons. The van der Waals surface area contributed by atoms with Crippen LogP contribution >= 0.6 is 11.3 Å². The summed E-state index contributed by atoms with van der Waals surface area (Å²) in [5, 5.41) is 10.9. The Balaban J connectivity index is 2.23. The molecule has 0 bridgehead atoms. The van der Waals surface area contributed by atoms with Gasteiger partial charge in [0.1, 0.15) is 0 Å². The van der Waals surface area contributed by atoms with Crippen molar-refractivity contribution in [1.29, 1.82) is 0 Å². The third kappa shape index (κ3) is 2.42. The second-order valence-electron chi connectivity index (χ2n) is 4.61. The predicted molar refractivity (Wildman–Crippen MR) is 65.0 cm³/mol. The standard InChI is InChI=1S/C12H13F4NO2S/c13-11(14,9(18)8-4-3-7-20-8)12(15,16)10(19)17-5-1-2-6-17/h3-4,7,9,18H,1-2,5-6H2. The average molecular weight is 311 g/mol. The van der Waals surface area contributed by atoms with Crippen molar-refractivity contribution in [2.45, 2.75) is 30.8 Å². The molecule has 8 heteroatoms. The fraction of sp³-hybridized carbons (Fsp3) is 0.583. The number of halogens is 4. The lowest BCUT2D eigenvalue weighted by Gasteiger charge is -2.31. The Morgan fingerprint density at radius 2 is 1.90 bits per heavy atom. The Morgan fingerprint density at radius 3 is 2.40 bits per heavy atom. The fourth-order valence-corrected chi connectivity index (χ4v) is 2.81. The minimum absolute atomic E-state index is 0.0413. The number of carbonyl (C=O) groups is 1. The highest BCUT2D eigenvalue weighted by Crippen LogP contribution is 2.45. The molecule has 2 rings (SSSR count). The van der Waals surface area contributed by atoms with Gasteiger partial charge in [-0.1, -0.05) is 6.07 Å². The Hall–Kier alpha value is -1.15. The van der Waals surface area contributed by atoms with Crippen molar-refractivity contribution >= 4 is 17.2 Å². The summed E-state index contributed by atoms with van der Waals surface area (Å²) in [4.78, 5) is 12.0. The highest BCUT2D eigenvalue weighted by molar-refractivity contribution is 7.10. The zero-order valence-electron chi connectivity index (χ0n) is 10.4. The minimum atomic E-state index is -4.93. The van der Waals surface area contributed by atoms with E-state index in [0.717, 1.165) is 22.3 Å². The van der Waals surface area contributed by atoms with Crippen LogP contribution < -0.4 is 0 Å². The van der Waals surface area contributed by atoms with Gasteiger partial charge in [0.25, 0.3) is 5.91 Å². The van der Waals surface area contributed by atoms with Crippen LogP contribution in [0.2, 0.25) is 0 Å². The van der Waals surface area contributed by atoms with Crippen LogP contribution in [0.1, 0.15) is 23.8 Å². The van der Waals surface area contributed by atoms with Crippen molar-refractivity contribution in [3.05, 3.63) is 22.4 Å². The van der Waals surface area contributed by atoms with Crippen LogP contribution in [0.3, 0.4) is 0 Å². The van der Waals surface area contributed by atoms with Crippen molar-refractivity contribution in [2.24, 2.45) is 0 Å². The number of rotatable bonds is 4. The molecule has 0 radical (unpaired) electrons. The molecule has 0 aromatic carbocycles. The number of alkyl halides is 4. The van der Waals surface area contributed by atoms with Gasteiger partial charge in [0.2, 0.25) is 0 Å². The number of nitrogens with zero attached hydrogens (tertiary/aromatic N) is 1. The molecule has 1 aliphatic heterocycles. The average Bonchev–Trinajstić information content (AvgIpc) is 3.09. The van der Waals surface area contributed by atoms with Gasteiger partial charge in [0.15, 0.2) is 6.10 Å². The van der Waals surface area contributed by atoms with Crippen molar-refractivity contribution in [2.75, 3.05) is 13.1 Å². The zero-order chi connectivity index (χ0) is 15.0. The minimum Gasteiger partial charge on any atom is -0.381 e. The van der Waals surface area contributed by atoms with Gasteiger partial charge in [0.05, 0.1) is 0 Å². The van der Waals surface area contributed by atoms with E-state index in [1.54, 1.807) is 0 Å². The van der Waals surface area contributed by atoms with Gasteiger partial charge in [-0.25, -0.2) is 0 Å². The molecule has 1 fully saturated rings. The first-order valence-electron chi connectivity index (χ1n) is 6.05. The molecule has 1 aromatic rings. The highest BCUT2D eigenvalue weighted by Gasteiger charge is 2.67. The Kier molecular flexibility index (Phi) is 4.06. The number of hydrogen-bond donors (Lipinski definition) is 1. The second kappa shape index (κ2) is 5.33. The van der Waals surface area contributed by atoms with Crippen molar-refractivity contribution < 1.29 is 27.5 Å². The van der Waals surface area contributed by atoms with Crippen LogP contribution in [0.15, 0.2) is 17.5 Å². The lowest BCUT2D eigenvalue weighted by Crippen LogP contribution is -2.55. The summed E-state index contributed by atoms with van der Waals surface area (Å²) in [7, 11) is 0. The van der Waals surface area contributed by atoms with E-state index in [2.05, 4.69) is 0 Å². The normalized spacial score (nSPS) is 18.4. The SMILES string of the molecule is O=C(N1CCCC1)C(F)(F)C(F)(F)C(O)c1cccs1. The molecule has 1 aliphatic rings. The molecule has 1 saturated heterocycles. The smallest absolute Gasteiger partial charge is 0.381 e. The molecule has 1 unspecified atom stereocenters. The molecule has 20 heavy (non-hydrogen) atoms. The molecule has 1 atom stereocenters. The third-order valence-electron chi connectivity index (χ3n) is 3.24. The zero-order valence-corrected chi connectivity index (χ0v) is 11.2. The molecular weight excluding hydrogens is 298 g/mol. The van der Waals surface area contributed by atoms with E-state index >= 15 is 0 Å². The molecule has 0 spiro atoms. The van der Waals surface area contributed by atoms with Crippen LogP contribution in [0.5, 0.6) is 0 Å². The molecule has 0 saturated carbocycles. The lowest BCUT2D eigenvalue weighted by atomic mass is 10.0. The van der Waals surface area contributed by atoms with Crippen LogP contribution in [0, 0.1) is 0 Å². The first-order chi connectivity index (χ1) is 9.28. The van der Waals surface area contributed by atoms with Crippen LogP contribution in [0.25, 0.3) is 0 Å². The van der Waals surface area contributed by atoms with Gasteiger partial charge in [-0.05, 0) is 24.3 Å². The number of hydrogen-bond acceptors (Lipinski definition) is 3. The summed E-state index contributed by atoms with van der Waals surface area (Å²) >= 11 is 0.730. The fourth-order valence-electron chi connectivity index (χ4n) is 2.06. The quantitative estimate of drug-likeness (QED) is 0.869. The summed E-state index contributed by atoms with van der Waals surface area (Å²) in [6.45, 7) is 0.0825. The van der Waals surface area contributed by atoms with E-state index in [9.17, 15) is 27.5 Å². The summed E-state index contributed by atoms with van der Waals surface area (Å²) in [5.74, 6) is -11.7. The van der Waals surface area contributed by atoms with E-state index in [1.165, 1.54) is 11.4 Å². The van der Waals surface area contributed by atoms with Gasteiger partial charge in [-0.15, -0.1) is 11.3 Å². The monoisotopic (exact) mass is 311 g/mol. The maximum Gasteiger partial charge on any atom is 0.389 e. The topological polar surface area (TPSA) is 40.5 Å². The number of carbonyl (C=O) groups excluding carboxylic acids is 1. The molecular formula is C12H13F4NO2S. The lowest BCUT2D eigenvalue weighted by molar-refractivity contribution is -0.251. The maximum atomic E-state index is 13.8. The van der Waals surface area contributed by atoms with Gasteiger partial charge in [-0.3, -0.25) is 4.79 Å². The van der Waals surface area contributed by atoms with Gasteiger partial charge in [-0.2, -0.15) is 17.6 Å². The Morgan fingerprint density at radius 1 is 1.30 bits per heavy atom. The van der Waals surface area contributed by atoms with Crippen LogP contribution in [-0.4, -0.2) is 40.8 Å². The summed E-state index contributed by atoms with van der Waals surface area (Å²) in [6.07, 6.45) is -1.68. The van der Waals surface area contributed by atoms with Gasteiger partial charge < -0.3 is 10.0 Å². The molecule has 2 heterocycles. The van der Waals surface area contributed by atoms with Crippen LogP contribution in [0.4, 0.5) is 17.6 Å². The van der Waals surface area contributed by atoms with Gasteiger partial charge >= 0.3 is 11.8 Å². The van der Waals surface area contributed by atoms with Crippen molar-refractivity contribution in [3.8, 4) is 0 Å². The molecule has 1 amide bonds. The first kappa shape index (κ1) is 15.2. The number of aliphatic hydroxyl groups excluding tert-OH is 1. The number of thiophene rings is 1. The molecule has 0 aliphatic carbocycles. The van der Waals surface area contributed by atoms with E-state index < -0.39 is 23.9 Å². The number of likely N-dealkylation sites (tertiary alicyclic amines) is 1. The Bertz CT molecular complexity index is 472. The largest absolute Gasteiger partial charge is 0.389 e. The van der Waals surface area contributed by atoms with E-state index in [0.29, 0.717) is 12.8 Å². The summed E-state index contributed by atoms with van der Waals surface area (Å²) in [5.41, 5.74) is 0. The number of amides is 1. The van der Waals surface area contributed by atoms with Crippen molar-refractivity contribution in [1.82, 2.24) is 4.90 Å². The predicted octanol–water partition coefficient (Wildman–Crippen LogP) is 2.67. The number of aliphatic hydroxyl groups is 1. The van der Waals surface area contributed by atoms with Gasteiger partial charge in [0, 0.05) is 18.0 Å².